The molecular weight excluding hydrogens is 340 g/mol. The third-order valence-corrected chi connectivity index (χ3v) is 7.20. The molecule has 0 bridgehead atoms. The Hall–Kier alpha value is -1.42. The standard InChI is InChI=1S/C27H40O/c1-3-5-6-21-28-27-19-13-24(14-20-27)8-7-23-11-17-26(18-12-23)25-15-9-22(4-2)10-16-25/h13-14,19-20,22-23,25-26H,3-6,9-12,15-18,21H2,1-2H3/t22-,23?,25-,26?. The second-order valence-corrected chi connectivity index (χ2v) is 9.15. The predicted octanol–water partition coefficient (Wildman–Crippen LogP) is 7.63. The van der Waals surface area contributed by atoms with Crippen LogP contribution in [0.1, 0.15) is 96.5 Å². The molecule has 1 heteroatoms. The summed E-state index contributed by atoms with van der Waals surface area (Å²) in [7, 11) is 0. The molecule has 3 rings (SSSR count). The zero-order chi connectivity index (χ0) is 19.6. The molecule has 0 unspecified atom stereocenters. The lowest BCUT2D eigenvalue weighted by molar-refractivity contribution is 0.156. The summed E-state index contributed by atoms with van der Waals surface area (Å²) in [5.74, 6) is 11.6. The molecule has 0 spiro atoms. The smallest absolute Gasteiger partial charge is 0.119 e. The maximum absolute atomic E-state index is 5.79. The van der Waals surface area contributed by atoms with Crippen LogP contribution in [0.25, 0.3) is 0 Å². The van der Waals surface area contributed by atoms with Gasteiger partial charge in [0.1, 0.15) is 5.75 Å². The summed E-state index contributed by atoms with van der Waals surface area (Å²) in [4.78, 5) is 0. The SMILES string of the molecule is CCCCCOc1ccc(C#CC2CCC([C@H]3CC[C@H](CC)CC3)CC2)cc1. The second kappa shape index (κ2) is 11.5. The number of rotatable bonds is 7. The van der Waals surface area contributed by atoms with Gasteiger partial charge in [-0.15, -0.1) is 0 Å². The Bertz CT molecular complexity index is 604. The van der Waals surface area contributed by atoms with Crippen LogP contribution in [0.3, 0.4) is 0 Å². The van der Waals surface area contributed by atoms with Gasteiger partial charge in [0.2, 0.25) is 0 Å². The minimum atomic E-state index is 0.605. The number of benzene rings is 1. The van der Waals surface area contributed by atoms with Crippen molar-refractivity contribution in [1.29, 1.82) is 0 Å². The van der Waals surface area contributed by atoms with E-state index >= 15 is 0 Å². The fourth-order valence-corrected chi connectivity index (χ4v) is 5.16. The lowest BCUT2D eigenvalue weighted by Gasteiger charge is -2.36. The van der Waals surface area contributed by atoms with Gasteiger partial charge in [-0.05, 0) is 87.0 Å². The van der Waals surface area contributed by atoms with Gasteiger partial charge < -0.3 is 4.74 Å². The van der Waals surface area contributed by atoms with Gasteiger partial charge in [-0.3, -0.25) is 0 Å². The summed E-state index contributed by atoms with van der Waals surface area (Å²) in [5, 5.41) is 0. The molecular formula is C27H40O. The van der Waals surface area contributed by atoms with E-state index in [4.69, 9.17) is 4.74 Å². The van der Waals surface area contributed by atoms with Gasteiger partial charge in [-0.1, -0.05) is 57.8 Å². The molecule has 2 aliphatic rings. The second-order valence-electron chi connectivity index (χ2n) is 9.15. The van der Waals surface area contributed by atoms with Crippen LogP contribution in [-0.2, 0) is 0 Å². The van der Waals surface area contributed by atoms with Crippen molar-refractivity contribution in [3.05, 3.63) is 29.8 Å². The van der Waals surface area contributed by atoms with E-state index in [1.54, 1.807) is 0 Å². The zero-order valence-electron chi connectivity index (χ0n) is 18.2. The van der Waals surface area contributed by atoms with Crippen molar-refractivity contribution in [2.45, 2.75) is 90.9 Å². The molecule has 0 heterocycles. The van der Waals surface area contributed by atoms with Crippen LogP contribution in [0.4, 0.5) is 0 Å². The summed E-state index contributed by atoms with van der Waals surface area (Å²) < 4.78 is 5.79. The van der Waals surface area contributed by atoms with E-state index in [0.717, 1.165) is 42.1 Å². The van der Waals surface area contributed by atoms with E-state index in [-0.39, 0.29) is 0 Å². The van der Waals surface area contributed by atoms with Crippen LogP contribution in [0.2, 0.25) is 0 Å². The van der Waals surface area contributed by atoms with Crippen LogP contribution in [0, 0.1) is 35.5 Å². The lowest BCUT2D eigenvalue weighted by Crippen LogP contribution is -2.25. The van der Waals surface area contributed by atoms with Crippen molar-refractivity contribution >= 4 is 0 Å². The Morgan fingerprint density at radius 1 is 0.821 bits per heavy atom. The van der Waals surface area contributed by atoms with Crippen molar-refractivity contribution in [3.8, 4) is 17.6 Å². The molecule has 0 radical (unpaired) electrons. The van der Waals surface area contributed by atoms with E-state index in [0.29, 0.717) is 5.92 Å². The highest BCUT2D eigenvalue weighted by Crippen LogP contribution is 2.41. The lowest BCUT2D eigenvalue weighted by atomic mass is 9.69. The van der Waals surface area contributed by atoms with Crippen molar-refractivity contribution in [2.24, 2.45) is 23.7 Å². The molecule has 28 heavy (non-hydrogen) atoms. The fourth-order valence-electron chi connectivity index (χ4n) is 5.16. The molecule has 154 valence electrons. The highest BCUT2D eigenvalue weighted by Gasteiger charge is 2.29. The van der Waals surface area contributed by atoms with E-state index in [1.807, 2.05) is 0 Å². The highest BCUT2D eigenvalue weighted by molar-refractivity contribution is 5.38. The van der Waals surface area contributed by atoms with Gasteiger partial charge in [0.05, 0.1) is 6.61 Å². The molecule has 0 aliphatic heterocycles. The molecule has 0 aromatic heterocycles. The average Bonchev–Trinajstić information content (AvgIpc) is 2.76. The Balaban J connectivity index is 1.40. The summed E-state index contributed by atoms with van der Waals surface area (Å²) in [6, 6.07) is 8.36. The minimum absolute atomic E-state index is 0.605. The predicted molar refractivity (Wildman–Crippen MR) is 120 cm³/mol. The van der Waals surface area contributed by atoms with Gasteiger partial charge in [0.25, 0.3) is 0 Å². The van der Waals surface area contributed by atoms with E-state index < -0.39 is 0 Å². The molecule has 2 fully saturated rings. The molecule has 0 N–H and O–H groups in total. The Kier molecular flexibility index (Phi) is 8.78. The number of hydrogen-bond donors (Lipinski definition) is 0. The Morgan fingerprint density at radius 2 is 1.46 bits per heavy atom. The molecule has 2 saturated carbocycles. The fraction of sp³-hybridized carbons (Fsp3) is 0.704. The molecule has 0 atom stereocenters. The summed E-state index contributed by atoms with van der Waals surface area (Å²) >= 11 is 0. The molecule has 0 saturated heterocycles. The topological polar surface area (TPSA) is 9.23 Å². The maximum atomic E-state index is 5.79. The van der Waals surface area contributed by atoms with Gasteiger partial charge in [-0.25, -0.2) is 0 Å². The van der Waals surface area contributed by atoms with E-state index in [1.165, 1.54) is 70.6 Å². The van der Waals surface area contributed by atoms with Gasteiger partial charge >= 0.3 is 0 Å². The molecule has 1 aromatic carbocycles. The first kappa shape index (κ1) is 21.3. The third kappa shape index (κ3) is 6.58. The van der Waals surface area contributed by atoms with Gasteiger partial charge in [-0.2, -0.15) is 0 Å². The van der Waals surface area contributed by atoms with Gasteiger partial charge in [0.15, 0.2) is 0 Å². The molecule has 1 aromatic rings. The van der Waals surface area contributed by atoms with Crippen molar-refractivity contribution < 1.29 is 4.74 Å². The number of ether oxygens (including phenoxy) is 1. The molecule has 1 nitrogen and oxygen atoms in total. The normalized spacial score (nSPS) is 27.6. The molecule has 0 amide bonds. The Labute approximate surface area is 173 Å². The quantitative estimate of drug-likeness (QED) is 0.349. The van der Waals surface area contributed by atoms with E-state index in [9.17, 15) is 0 Å². The van der Waals surface area contributed by atoms with Crippen LogP contribution in [-0.4, -0.2) is 6.61 Å². The van der Waals surface area contributed by atoms with Gasteiger partial charge in [0, 0.05) is 11.5 Å². The number of hydrogen-bond acceptors (Lipinski definition) is 1. The van der Waals surface area contributed by atoms with Crippen LogP contribution in [0.15, 0.2) is 24.3 Å². The van der Waals surface area contributed by atoms with Crippen molar-refractivity contribution in [3.63, 3.8) is 0 Å². The molecule has 2 aliphatic carbocycles. The first-order chi connectivity index (χ1) is 13.8. The monoisotopic (exact) mass is 380 g/mol. The zero-order valence-corrected chi connectivity index (χ0v) is 18.2. The van der Waals surface area contributed by atoms with Crippen molar-refractivity contribution in [1.82, 2.24) is 0 Å². The summed E-state index contributed by atoms with van der Waals surface area (Å²) in [6.07, 6.45) is 16.4. The number of unbranched alkanes of at least 4 members (excludes halogenated alkanes) is 2. The highest BCUT2D eigenvalue weighted by atomic mass is 16.5. The summed E-state index contributed by atoms with van der Waals surface area (Å²) in [5.41, 5.74) is 1.13. The average molecular weight is 381 g/mol. The van der Waals surface area contributed by atoms with Crippen LogP contribution in [0.5, 0.6) is 5.75 Å². The van der Waals surface area contributed by atoms with Crippen LogP contribution >= 0.6 is 0 Å². The first-order valence-electron chi connectivity index (χ1n) is 12.0. The minimum Gasteiger partial charge on any atom is -0.494 e. The summed E-state index contributed by atoms with van der Waals surface area (Å²) in [6.45, 7) is 5.41. The first-order valence-corrected chi connectivity index (χ1v) is 12.0. The third-order valence-electron chi connectivity index (χ3n) is 7.20. The largest absolute Gasteiger partial charge is 0.494 e. The van der Waals surface area contributed by atoms with E-state index in [2.05, 4.69) is 50.0 Å². The maximum Gasteiger partial charge on any atom is 0.119 e. The van der Waals surface area contributed by atoms with Crippen molar-refractivity contribution in [2.75, 3.05) is 6.61 Å². The van der Waals surface area contributed by atoms with Crippen LogP contribution < -0.4 is 4.74 Å². The Morgan fingerprint density at radius 3 is 2.07 bits per heavy atom.